The molecule has 1 saturated heterocycles. The second-order valence-electron chi connectivity index (χ2n) is 6.81. The SMILES string of the molecule is CCOC(=O)C[C@H]1CCCCN1C(=O)[C@H]1CC(Cc2ccccc2)=NO1. The van der Waals surface area contributed by atoms with Gasteiger partial charge in [0, 0.05) is 25.4 Å². The van der Waals surface area contributed by atoms with Gasteiger partial charge < -0.3 is 14.5 Å². The number of carbonyl (C=O) groups is 2. The molecule has 0 aliphatic carbocycles. The van der Waals surface area contributed by atoms with E-state index in [1.807, 2.05) is 30.3 Å². The van der Waals surface area contributed by atoms with Gasteiger partial charge in [-0.1, -0.05) is 35.5 Å². The van der Waals surface area contributed by atoms with E-state index in [4.69, 9.17) is 9.57 Å². The minimum Gasteiger partial charge on any atom is -0.466 e. The number of piperidine rings is 1. The van der Waals surface area contributed by atoms with E-state index in [1.54, 1.807) is 11.8 Å². The van der Waals surface area contributed by atoms with E-state index in [9.17, 15) is 9.59 Å². The van der Waals surface area contributed by atoms with Crippen LogP contribution in [0.4, 0.5) is 0 Å². The summed E-state index contributed by atoms with van der Waals surface area (Å²) in [7, 11) is 0. The van der Waals surface area contributed by atoms with Crippen molar-refractivity contribution >= 4 is 17.6 Å². The van der Waals surface area contributed by atoms with Crippen LogP contribution in [0.25, 0.3) is 0 Å². The number of hydrogen-bond donors (Lipinski definition) is 0. The monoisotopic (exact) mass is 358 g/mol. The molecule has 1 fully saturated rings. The second kappa shape index (κ2) is 8.83. The molecule has 1 aromatic carbocycles. The number of oxime groups is 1. The molecule has 1 aromatic rings. The van der Waals surface area contributed by atoms with Gasteiger partial charge in [-0.05, 0) is 31.7 Å². The Bertz CT molecular complexity index is 659. The van der Waals surface area contributed by atoms with E-state index in [0.717, 1.165) is 30.5 Å². The van der Waals surface area contributed by atoms with Crippen LogP contribution in [0.15, 0.2) is 35.5 Å². The molecular weight excluding hydrogens is 332 g/mol. The van der Waals surface area contributed by atoms with Crippen molar-refractivity contribution in [2.24, 2.45) is 5.16 Å². The van der Waals surface area contributed by atoms with Crippen LogP contribution < -0.4 is 0 Å². The topological polar surface area (TPSA) is 68.2 Å². The molecule has 3 rings (SSSR count). The average molecular weight is 358 g/mol. The lowest BCUT2D eigenvalue weighted by atomic mass is 9.97. The Morgan fingerprint density at radius 3 is 2.85 bits per heavy atom. The first kappa shape index (κ1) is 18.4. The van der Waals surface area contributed by atoms with Gasteiger partial charge in [-0.15, -0.1) is 0 Å². The molecule has 6 heteroatoms. The molecule has 2 atom stereocenters. The third-order valence-corrected chi connectivity index (χ3v) is 4.87. The lowest BCUT2D eigenvalue weighted by Crippen LogP contribution is -2.49. The van der Waals surface area contributed by atoms with E-state index >= 15 is 0 Å². The maximum absolute atomic E-state index is 12.9. The van der Waals surface area contributed by atoms with Crippen LogP contribution in [0.2, 0.25) is 0 Å². The van der Waals surface area contributed by atoms with Crippen LogP contribution in [-0.4, -0.2) is 47.8 Å². The van der Waals surface area contributed by atoms with Crippen LogP contribution in [0, 0.1) is 0 Å². The highest BCUT2D eigenvalue weighted by atomic mass is 16.6. The van der Waals surface area contributed by atoms with Crippen LogP contribution in [-0.2, 0) is 25.6 Å². The first-order chi connectivity index (χ1) is 12.7. The smallest absolute Gasteiger partial charge is 0.307 e. The van der Waals surface area contributed by atoms with Gasteiger partial charge in [0.15, 0.2) is 0 Å². The van der Waals surface area contributed by atoms with Crippen molar-refractivity contribution in [2.75, 3.05) is 13.2 Å². The summed E-state index contributed by atoms with van der Waals surface area (Å²) in [6, 6.07) is 9.93. The second-order valence-corrected chi connectivity index (χ2v) is 6.81. The zero-order valence-corrected chi connectivity index (χ0v) is 15.2. The van der Waals surface area contributed by atoms with E-state index in [-0.39, 0.29) is 24.3 Å². The van der Waals surface area contributed by atoms with Crippen molar-refractivity contribution < 1.29 is 19.2 Å². The fourth-order valence-electron chi connectivity index (χ4n) is 3.60. The Labute approximate surface area is 154 Å². The van der Waals surface area contributed by atoms with Gasteiger partial charge in [-0.3, -0.25) is 9.59 Å². The number of rotatable bonds is 6. The number of hydrogen-bond acceptors (Lipinski definition) is 5. The molecule has 6 nitrogen and oxygen atoms in total. The highest BCUT2D eigenvalue weighted by Crippen LogP contribution is 2.24. The summed E-state index contributed by atoms with van der Waals surface area (Å²) >= 11 is 0. The maximum Gasteiger partial charge on any atom is 0.307 e. The number of nitrogens with zero attached hydrogens (tertiary/aromatic N) is 2. The quantitative estimate of drug-likeness (QED) is 0.733. The maximum atomic E-state index is 12.9. The number of esters is 1. The molecule has 0 unspecified atom stereocenters. The van der Waals surface area contributed by atoms with Crippen LogP contribution in [0.5, 0.6) is 0 Å². The summed E-state index contributed by atoms with van der Waals surface area (Å²) in [5, 5.41) is 4.12. The fourth-order valence-corrected chi connectivity index (χ4v) is 3.60. The minimum absolute atomic E-state index is 0.0641. The van der Waals surface area contributed by atoms with Gasteiger partial charge in [-0.2, -0.15) is 0 Å². The predicted octanol–water partition coefficient (Wildman–Crippen LogP) is 2.71. The Hall–Kier alpha value is -2.37. The molecule has 2 aliphatic heterocycles. The standard InChI is InChI=1S/C20H26N2O4/c1-2-25-19(23)14-17-10-6-7-11-22(17)20(24)18-13-16(21-26-18)12-15-8-4-3-5-9-15/h3-5,8-9,17-18H,2,6-7,10-14H2,1H3/t17-,18-/m1/s1. The third-order valence-electron chi connectivity index (χ3n) is 4.87. The zero-order valence-electron chi connectivity index (χ0n) is 15.2. The van der Waals surface area contributed by atoms with Gasteiger partial charge in [0.05, 0.1) is 18.7 Å². The first-order valence-corrected chi connectivity index (χ1v) is 9.39. The number of ether oxygens (including phenoxy) is 1. The van der Waals surface area contributed by atoms with Crippen LogP contribution >= 0.6 is 0 Å². The van der Waals surface area contributed by atoms with Crippen molar-refractivity contribution in [3.05, 3.63) is 35.9 Å². The lowest BCUT2D eigenvalue weighted by molar-refractivity contribution is -0.150. The van der Waals surface area contributed by atoms with Crippen molar-refractivity contribution in [2.45, 2.75) is 57.6 Å². The first-order valence-electron chi connectivity index (χ1n) is 9.39. The van der Waals surface area contributed by atoms with Crippen LogP contribution in [0.1, 0.15) is 44.6 Å². The average Bonchev–Trinajstić information content (AvgIpc) is 3.11. The van der Waals surface area contributed by atoms with Crippen LogP contribution in [0.3, 0.4) is 0 Å². The van der Waals surface area contributed by atoms with Crippen molar-refractivity contribution in [1.82, 2.24) is 4.90 Å². The van der Waals surface area contributed by atoms with E-state index in [2.05, 4.69) is 5.16 Å². The normalized spacial score (nSPS) is 22.5. The molecular formula is C20H26N2O4. The molecule has 1 amide bonds. The molecule has 140 valence electrons. The molecule has 2 aliphatic rings. The van der Waals surface area contributed by atoms with Gasteiger partial charge >= 0.3 is 5.97 Å². The lowest BCUT2D eigenvalue weighted by Gasteiger charge is -2.36. The Balaban J connectivity index is 1.57. The van der Waals surface area contributed by atoms with E-state index < -0.39 is 6.10 Å². The highest BCUT2D eigenvalue weighted by Gasteiger charge is 2.36. The van der Waals surface area contributed by atoms with Crippen molar-refractivity contribution in [3.8, 4) is 0 Å². The summed E-state index contributed by atoms with van der Waals surface area (Å²) < 4.78 is 5.05. The largest absolute Gasteiger partial charge is 0.466 e. The number of benzene rings is 1. The molecule has 0 N–H and O–H groups in total. The molecule has 26 heavy (non-hydrogen) atoms. The summed E-state index contributed by atoms with van der Waals surface area (Å²) in [6.45, 7) is 2.82. The third kappa shape index (κ3) is 4.62. The number of amides is 1. The molecule has 0 radical (unpaired) electrons. The zero-order chi connectivity index (χ0) is 18.4. The minimum atomic E-state index is -0.573. The Kier molecular flexibility index (Phi) is 6.26. The summed E-state index contributed by atoms with van der Waals surface area (Å²) in [5.74, 6) is -0.309. The molecule has 0 bridgehead atoms. The van der Waals surface area contributed by atoms with Gasteiger partial charge in [-0.25, -0.2) is 0 Å². The molecule has 0 spiro atoms. The predicted molar refractivity (Wildman–Crippen MR) is 97.7 cm³/mol. The molecule has 0 saturated carbocycles. The van der Waals surface area contributed by atoms with Crippen molar-refractivity contribution in [3.63, 3.8) is 0 Å². The Morgan fingerprint density at radius 1 is 1.27 bits per heavy atom. The summed E-state index contributed by atoms with van der Waals surface area (Å²) in [6.07, 6.45) is 3.69. The van der Waals surface area contributed by atoms with Gasteiger partial charge in [0.1, 0.15) is 0 Å². The molecule has 0 aromatic heterocycles. The van der Waals surface area contributed by atoms with E-state index in [1.165, 1.54) is 0 Å². The summed E-state index contributed by atoms with van der Waals surface area (Å²) in [4.78, 5) is 32.0. The van der Waals surface area contributed by atoms with Crippen molar-refractivity contribution in [1.29, 1.82) is 0 Å². The molecule has 2 heterocycles. The van der Waals surface area contributed by atoms with E-state index in [0.29, 0.717) is 26.0 Å². The number of likely N-dealkylation sites (tertiary alicyclic amines) is 1. The summed E-state index contributed by atoms with van der Waals surface area (Å²) in [5.41, 5.74) is 2.04. The Morgan fingerprint density at radius 2 is 2.08 bits per heavy atom. The fraction of sp³-hybridized carbons (Fsp3) is 0.550. The highest BCUT2D eigenvalue weighted by molar-refractivity contribution is 5.94. The number of carbonyl (C=O) groups excluding carboxylic acids is 2. The van der Waals surface area contributed by atoms with Gasteiger partial charge in [0.2, 0.25) is 6.10 Å². The van der Waals surface area contributed by atoms with Gasteiger partial charge in [0.25, 0.3) is 5.91 Å².